The van der Waals surface area contributed by atoms with E-state index in [0.717, 1.165) is 22.6 Å². The number of ether oxygens (including phenoxy) is 3. The molecular formula is C21H26N2O4. The van der Waals surface area contributed by atoms with E-state index in [-0.39, 0.29) is 18.1 Å². The van der Waals surface area contributed by atoms with E-state index in [1.807, 2.05) is 55.5 Å². The zero-order valence-corrected chi connectivity index (χ0v) is 15.7. The largest absolute Gasteiger partial charge is 0.497 e. The van der Waals surface area contributed by atoms with Gasteiger partial charge < -0.3 is 24.8 Å². The van der Waals surface area contributed by atoms with Gasteiger partial charge in [0.25, 0.3) is 0 Å². The molecular weight excluding hydrogens is 344 g/mol. The molecule has 1 fully saturated rings. The molecule has 6 nitrogen and oxygen atoms in total. The average molecular weight is 370 g/mol. The summed E-state index contributed by atoms with van der Waals surface area (Å²) in [7, 11) is 1.65. The van der Waals surface area contributed by atoms with E-state index in [1.54, 1.807) is 7.11 Å². The second-order valence-corrected chi connectivity index (χ2v) is 6.54. The van der Waals surface area contributed by atoms with Crippen molar-refractivity contribution in [2.24, 2.45) is 0 Å². The highest BCUT2D eigenvalue weighted by Crippen LogP contribution is 2.16. The minimum Gasteiger partial charge on any atom is -0.497 e. The highest BCUT2D eigenvalue weighted by Gasteiger charge is 2.28. The highest BCUT2D eigenvalue weighted by molar-refractivity contribution is 5.95. The molecule has 0 aliphatic carbocycles. The molecule has 2 atom stereocenters. The van der Waals surface area contributed by atoms with Crippen LogP contribution in [-0.2, 0) is 27.5 Å². The molecule has 0 radical (unpaired) electrons. The van der Waals surface area contributed by atoms with Crippen LogP contribution < -0.4 is 15.4 Å². The molecule has 2 aromatic carbocycles. The van der Waals surface area contributed by atoms with Crippen LogP contribution in [0.25, 0.3) is 0 Å². The SMILES string of the molecule is COc1ccc(COCc2cccc(NC(=O)[C@H]3NCCO[C@@H]3C)c2)cc1. The number of hydrogen-bond acceptors (Lipinski definition) is 5. The van der Waals surface area contributed by atoms with Crippen LogP contribution in [0.15, 0.2) is 48.5 Å². The lowest BCUT2D eigenvalue weighted by Gasteiger charge is -2.29. The second-order valence-electron chi connectivity index (χ2n) is 6.54. The number of morpholine rings is 1. The third-order valence-electron chi connectivity index (χ3n) is 4.49. The Bertz CT molecular complexity index is 748. The van der Waals surface area contributed by atoms with Gasteiger partial charge in [0, 0.05) is 12.2 Å². The number of rotatable bonds is 7. The van der Waals surface area contributed by atoms with Gasteiger partial charge in [-0.1, -0.05) is 24.3 Å². The van der Waals surface area contributed by atoms with E-state index >= 15 is 0 Å². The normalized spacial score (nSPS) is 19.5. The molecule has 0 spiro atoms. The van der Waals surface area contributed by atoms with E-state index in [4.69, 9.17) is 14.2 Å². The number of benzene rings is 2. The van der Waals surface area contributed by atoms with Gasteiger partial charge in [0.15, 0.2) is 0 Å². The molecule has 0 bridgehead atoms. The minimum absolute atomic E-state index is 0.0847. The first-order valence-corrected chi connectivity index (χ1v) is 9.11. The first kappa shape index (κ1) is 19.4. The first-order chi connectivity index (χ1) is 13.2. The fourth-order valence-corrected chi connectivity index (χ4v) is 2.99. The summed E-state index contributed by atoms with van der Waals surface area (Å²) in [5, 5.41) is 6.15. The van der Waals surface area contributed by atoms with Gasteiger partial charge >= 0.3 is 0 Å². The van der Waals surface area contributed by atoms with Gasteiger partial charge in [0.1, 0.15) is 11.8 Å². The Morgan fingerprint density at radius 2 is 1.96 bits per heavy atom. The average Bonchev–Trinajstić information content (AvgIpc) is 2.69. The molecule has 6 heteroatoms. The van der Waals surface area contributed by atoms with Crippen molar-refractivity contribution in [1.29, 1.82) is 0 Å². The number of carbonyl (C=O) groups is 1. The summed E-state index contributed by atoms with van der Waals surface area (Å²) in [5.41, 5.74) is 2.84. The van der Waals surface area contributed by atoms with Gasteiger partial charge in [0.05, 0.1) is 33.0 Å². The summed E-state index contributed by atoms with van der Waals surface area (Å²) < 4.78 is 16.5. The third-order valence-corrected chi connectivity index (χ3v) is 4.49. The summed E-state index contributed by atoms with van der Waals surface area (Å²) in [6.07, 6.45) is -0.144. The van der Waals surface area contributed by atoms with Crippen LogP contribution in [0.1, 0.15) is 18.1 Å². The number of amides is 1. The summed E-state index contributed by atoms with van der Waals surface area (Å²) in [5.74, 6) is 0.743. The van der Waals surface area contributed by atoms with E-state index in [9.17, 15) is 4.79 Å². The molecule has 2 N–H and O–H groups in total. The number of nitrogens with one attached hydrogen (secondary N) is 2. The van der Waals surface area contributed by atoms with Gasteiger partial charge in [-0.3, -0.25) is 4.79 Å². The van der Waals surface area contributed by atoms with E-state index in [1.165, 1.54) is 0 Å². The molecule has 0 unspecified atom stereocenters. The molecule has 1 aliphatic heterocycles. The Morgan fingerprint density at radius 3 is 2.70 bits per heavy atom. The predicted molar refractivity (Wildman–Crippen MR) is 104 cm³/mol. The number of carbonyl (C=O) groups excluding carboxylic acids is 1. The van der Waals surface area contributed by atoms with Gasteiger partial charge in [0.2, 0.25) is 5.91 Å². The van der Waals surface area contributed by atoms with Crippen LogP contribution in [0.3, 0.4) is 0 Å². The van der Waals surface area contributed by atoms with Crippen LogP contribution in [0, 0.1) is 0 Å². The number of hydrogen-bond donors (Lipinski definition) is 2. The lowest BCUT2D eigenvalue weighted by atomic mass is 10.1. The molecule has 1 amide bonds. The van der Waals surface area contributed by atoms with Crippen LogP contribution in [-0.4, -0.2) is 38.3 Å². The topological polar surface area (TPSA) is 68.8 Å². The van der Waals surface area contributed by atoms with Gasteiger partial charge in [-0.25, -0.2) is 0 Å². The van der Waals surface area contributed by atoms with Crippen molar-refractivity contribution in [1.82, 2.24) is 5.32 Å². The van der Waals surface area contributed by atoms with E-state index in [2.05, 4.69) is 10.6 Å². The maximum Gasteiger partial charge on any atom is 0.244 e. The molecule has 27 heavy (non-hydrogen) atoms. The zero-order chi connectivity index (χ0) is 19.1. The molecule has 144 valence electrons. The smallest absolute Gasteiger partial charge is 0.244 e. The molecule has 3 rings (SSSR count). The van der Waals surface area contributed by atoms with Crippen LogP contribution >= 0.6 is 0 Å². The standard InChI is InChI=1S/C21H26N2O4/c1-15-20(22-10-11-27-15)21(24)23-18-5-3-4-17(12-18)14-26-13-16-6-8-19(25-2)9-7-16/h3-9,12,15,20,22H,10-11,13-14H2,1-2H3,(H,23,24)/t15-,20+/m1/s1. The maximum absolute atomic E-state index is 12.4. The second kappa shape index (κ2) is 9.50. The summed E-state index contributed by atoms with van der Waals surface area (Å²) in [4.78, 5) is 12.4. The van der Waals surface area contributed by atoms with E-state index < -0.39 is 0 Å². The lowest BCUT2D eigenvalue weighted by Crippen LogP contribution is -2.53. The van der Waals surface area contributed by atoms with Gasteiger partial charge in [-0.05, 0) is 42.3 Å². The molecule has 1 aliphatic rings. The highest BCUT2D eigenvalue weighted by atomic mass is 16.5. The van der Waals surface area contributed by atoms with Crippen molar-refractivity contribution in [2.45, 2.75) is 32.3 Å². The lowest BCUT2D eigenvalue weighted by molar-refractivity contribution is -0.123. The first-order valence-electron chi connectivity index (χ1n) is 9.11. The Balaban J connectivity index is 1.51. The van der Waals surface area contributed by atoms with Crippen molar-refractivity contribution in [3.8, 4) is 5.75 Å². The Hall–Kier alpha value is -2.41. The summed E-state index contributed by atoms with van der Waals surface area (Å²) in [6, 6.07) is 15.2. The Labute approximate surface area is 159 Å². The fraction of sp³-hybridized carbons (Fsp3) is 0.381. The Kier molecular flexibility index (Phi) is 6.81. The molecule has 1 heterocycles. The Morgan fingerprint density at radius 1 is 1.19 bits per heavy atom. The third kappa shape index (κ3) is 5.53. The van der Waals surface area contributed by atoms with Crippen LogP contribution in [0.4, 0.5) is 5.69 Å². The molecule has 1 saturated heterocycles. The molecule has 0 aromatic heterocycles. The zero-order valence-electron chi connectivity index (χ0n) is 15.7. The van der Waals surface area contributed by atoms with Gasteiger partial charge in [-0.15, -0.1) is 0 Å². The van der Waals surface area contributed by atoms with Crippen molar-refractivity contribution in [3.63, 3.8) is 0 Å². The number of methoxy groups -OCH3 is 1. The van der Waals surface area contributed by atoms with Crippen molar-refractivity contribution in [2.75, 3.05) is 25.6 Å². The van der Waals surface area contributed by atoms with Crippen molar-refractivity contribution in [3.05, 3.63) is 59.7 Å². The van der Waals surface area contributed by atoms with Crippen LogP contribution in [0.5, 0.6) is 5.75 Å². The van der Waals surface area contributed by atoms with Crippen molar-refractivity contribution >= 4 is 11.6 Å². The summed E-state index contributed by atoms with van der Waals surface area (Å²) in [6.45, 7) is 4.20. The quantitative estimate of drug-likeness (QED) is 0.784. The minimum atomic E-state index is -0.339. The molecule has 2 aromatic rings. The van der Waals surface area contributed by atoms with Crippen LogP contribution in [0.2, 0.25) is 0 Å². The summed E-state index contributed by atoms with van der Waals surface area (Å²) >= 11 is 0. The monoisotopic (exact) mass is 370 g/mol. The van der Waals surface area contributed by atoms with Crippen molar-refractivity contribution < 1.29 is 19.0 Å². The fourth-order valence-electron chi connectivity index (χ4n) is 2.99. The van der Waals surface area contributed by atoms with Gasteiger partial charge in [-0.2, -0.15) is 0 Å². The number of anilines is 1. The molecule has 0 saturated carbocycles. The maximum atomic E-state index is 12.4. The van der Waals surface area contributed by atoms with E-state index in [0.29, 0.717) is 26.4 Å². The predicted octanol–water partition coefficient (Wildman–Crippen LogP) is 2.73.